The summed E-state index contributed by atoms with van der Waals surface area (Å²) in [6.45, 7) is 7.77. The van der Waals surface area contributed by atoms with E-state index in [9.17, 15) is 23.6 Å². The van der Waals surface area contributed by atoms with Crippen LogP contribution in [0.1, 0.15) is 50.0 Å². The lowest BCUT2D eigenvalue weighted by molar-refractivity contribution is 0.296. The molecule has 91 heavy (non-hydrogen) atoms. The minimum atomic E-state index is -0.563. The molecule has 0 unspecified atom stereocenters. The van der Waals surface area contributed by atoms with Crippen LogP contribution in [-0.4, -0.2) is 99.1 Å². The summed E-state index contributed by atoms with van der Waals surface area (Å²) in [6, 6.07) is 30.0. The van der Waals surface area contributed by atoms with Gasteiger partial charge in [-0.15, -0.1) is 18.7 Å². The Morgan fingerprint density at radius 2 is 0.758 bits per heavy atom. The summed E-state index contributed by atoms with van der Waals surface area (Å²) in [7, 11) is 5.98. The molecule has 8 heterocycles. The van der Waals surface area contributed by atoms with E-state index in [0.717, 1.165) is 64.2 Å². The lowest BCUT2D eigenvalue weighted by atomic mass is 10.2. The summed E-state index contributed by atoms with van der Waals surface area (Å²) >= 11 is 9.71. The fourth-order valence-corrected chi connectivity index (χ4v) is 8.70. The number of hydrogen-bond acceptors (Lipinski definition) is 20. The number of aryl methyl sites for hydroxylation is 8. The molecule has 31 heteroatoms. The van der Waals surface area contributed by atoms with Crippen molar-refractivity contribution in [2.75, 3.05) is 0 Å². The molecule has 0 saturated carbocycles. The smallest absolute Gasteiger partial charge is 0.369 e. The fraction of sp³-hybridized carbons (Fsp3) is 0.200. The number of halogens is 3. The molecule has 466 valence electrons. The Morgan fingerprint density at radius 3 is 1.16 bits per heavy atom. The minimum Gasteiger partial charge on any atom is -0.488 e. The van der Waals surface area contributed by atoms with Crippen molar-refractivity contribution < 1.29 is 28.8 Å². The van der Waals surface area contributed by atoms with Gasteiger partial charge >= 0.3 is 22.8 Å². The van der Waals surface area contributed by atoms with Gasteiger partial charge in [-0.25, -0.2) is 43.5 Å². The van der Waals surface area contributed by atoms with Crippen molar-refractivity contribution in [3.63, 3.8) is 0 Å². The van der Waals surface area contributed by atoms with E-state index in [2.05, 4.69) is 77.6 Å². The molecule has 0 aliphatic heterocycles. The van der Waals surface area contributed by atoms with Crippen molar-refractivity contribution in [1.82, 2.24) is 99.1 Å². The number of benzene rings is 4. The van der Waals surface area contributed by atoms with E-state index in [1.807, 2.05) is 26.8 Å². The number of tetrazole rings is 4. The van der Waals surface area contributed by atoms with Gasteiger partial charge in [0.15, 0.2) is 23.3 Å². The fourth-order valence-electron chi connectivity index (χ4n) is 8.09. The summed E-state index contributed by atoms with van der Waals surface area (Å²) in [5, 5.41) is 30.2. The maximum absolute atomic E-state index is 14.2. The van der Waals surface area contributed by atoms with Crippen LogP contribution in [0.15, 0.2) is 176 Å². The predicted octanol–water partition coefficient (Wildman–Crippen LogP) is 6.55. The van der Waals surface area contributed by atoms with Crippen molar-refractivity contribution in [3.05, 3.63) is 254 Å². The highest BCUT2D eigenvalue weighted by molar-refractivity contribution is 9.10. The second kappa shape index (κ2) is 29.7. The molecule has 28 nitrogen and oxygen atoms in total. The Balaban J connectivity index is 0.000000149. The molecule has 0 saturated heterocycles. The second-order valence-electron chi connectivity index (χ2n) is 19.4. The predicted molar refractivity (Wildman–Crippen MR) is 332 cm³/mol. The quantitative estimate of drug-likeness (QED) is 0.0990. The van der Waals surface area contributed by atoms with Crippen molar-refractivity contribution in [1.29, 1.82) is 0 Å². The molecule has 8 aromatic heterocycles. The Hall–Kier alpha value is -11.1. The standard InChI is InChI=1S/C15H14BrN5O2.C15H14ClN5O2.C15H14FN5O2.C15H15N5O2/c3*1-10-5-3-4-6-13(10)23-9-11-12(16)7-8-17-14(11)21-15(22)20(2)18-19-21;1-11-6-3-4-8-13(11)22-10-12-7-5-9-16-14(12)20-15(21)19(2)17-18-20/h3*3-8H,9H2,1-2H3;3-9H,10H2,1-2H3/i4*3T. The van der Waals surface area contributed by atoms with Crippen molar-refractivity contribution >= 4 is 27.5 Å². The van der Waals surface area contributed by atoms with Gasteiger partial charge in [0.25, 0.3) is 0 Å². The van der Waals surface area contributed by atoms with Gasteiger partial charge in [-0.2, -0.15) is 18.7 Å². The van der Waals surface area contributed by atoms with Gasteiger partial charge in [-0.05, 0) is 140 Å². The van der Waals surface area contributed by atoms with E-state index in [0.29, 0.717) is 80.5 Å². The van der Waals surface area contributed by atoms with Crippen LogP contribution < -0.4 is 41.7 Å². The zero-order chi connectivity index (χ0) is 68.2. The third-order valence-corrected chi connectivity index (χ3v) is 14.2. The highest BCUT2D eigenvalue weighted by Gasteiger charge is 2.20. The maximum atomic E-state index is 14.2. The van der Waals surface area contributed by atoms with Gasteiger partial charge in [-0.1, -0.05) is 106 Å². The van der Waals surface area contributed by atoms with Crippen LogP contribution in [-0.2, 0) is 54.6 Å². The van der Waals surface area contributed by atoms with Crippen LogP contribution in [0.25, 0.3) is 23.3 Å². The number of pyridine rings is 4. The first-order chi connectivity index (χ1) is 45.5. The van der Waals surface area contributed by atoms with E-state index in [1.165, 1.54) is 46.7 Å². The molecule has 12 rings (SSSR count). The van der Waals surface area contributed by atoms with Crippen LogP contribution >= 0.6 is 27.5 Å². The molecule has 0 bridgehead atoms. The van der Waals surface area contributed by atoms with Gasteiger partial charge in [-0.3, -0.25) is 0 Å². The van der Waals surface area contributed by atoms with Crippen LogP contribution in [0, 0.1) is 33.5 Å². The number of aromatic nitrogens is 20. The Bertz CT molecular complexity index is 4630. The van der Waals surface area contributed by atoms with Crippen LogP contribution in [0.5, 0.6) is 23.0 Å². The first-order valence-corrected chi connectivity index (χ1v) is 28.3. The molecule has 0 spiro atoms. The number of ether oxygens (including phenoxy) is 4. The van der Waals surface area contributed by atoms with Crippen molar-refractivity contribution in [2.45, 2.75) is 54.1 Å². The maximum Gasteiger partial charge on any atom is 0.369 e. The van der Waals surface area contributed by atoms with Gasteiger partial charge in [0.2, 0.25) is 0 Å². The van der Waals surface area contributed by atoms with E-state index >= 15 is 0 Å². The van der Waals surface area contributed by atoms with E-state index in [-0.39, 0.29) is 49.3 Å². The minimum absolute atomic E-state index is 0.0304. The Morgan fingerprint density at radius 1 is 0.418 bits per heavy atom. The third kappa shape index (κ3) is 15.4. The average molecular weight is 1330 g/mol. The number of nitrogens with zero attached hydrogens (tertiary/aromatic N) is 20. The molecular formula is C60H57BrClFN20O8. The van der Waals surface area contributed by atoms with E-state index in [1.54, 1.807) is 110 Å². The van der Waals surface area contributed by atoms with Gasteiger partial charge in [0.1, 0.15) is 55.2 Å². The molecule has 0 N–H and O–H groups in total. The topological polar surface area (TPSA) is 299 Å². The molecule has 0 amide bonds. The lowest BCUT2D eigenvalue weighted by Gasteiger charge is -2.12. The average Bonchev–Trinajstić information content (AvgIpc) is 1.86. The highest BCUT2D eigenvalue weighted by atomic mass is 79.9. The van der Waals surface area contributed by atoms with E-state index < -0.39 is 22.9 Å². The zero-order valence-corrected chi connectivity index (χ0v) is 52.1. The van der Waals surface area contributed by atoms with Gasteiger partial charge in [0, 0.05) is 68.6 Å². The van der Waals surface area contributed by atoms with Gasteiger partial charge < -0.3 is 18.9 Å². The molecule has 0 aliphatic rings. The van der Waals surface area contributed by atoms with Crippen LogP contribution in [0.3, 0.4) is 0 Å². The molecule has 4 aromatic carbocycles. The van der Waals surface area contributed by atoms with Crippen molar-refractivity contribution in [2.24, 2.45) is 28.2 Å². The zero-order valence-electron chi connectivity index (χ0n) is 53.8. The summed E-state index contributed by atoms with van der Waals surface area (Å²) < 4.78 is 77.0. The molecular weight excluding hydrogens is 1260 g/mol. The largest absolute Gasteiger partial charge is 0.488 e. The SMILES string of the molecule is [3H]c1ccc(OCc2c(Br)ccnc2-n2nnn(C)c2=O)c(C)c1.[3H]c1ccc(OCc2c(Cl)ccnc2-n2nnn(C)c2=O)c(C)c1.[3H]c1ccc(OCc2c(F)ccnc2-n2nnn(C)c2=O)c(C)c1.[3H]c1ccc(OCc2cccnc2-n2nnn(C)c2=O)c(C)c1. The summed E-state index contributed by atoms with van der Waals surface area (Å²) in [6.07, 6.45) is 5.89. The first kappa shape index (κ1) is 58.9. The molecule has 0 atom stereocenters. The first-order valence-electron chi connectivity index (χ1n) is 29.1. The summed E-state index contributed by atoms with van der Waals surface area (Å²) in [5.74, 6) is 2.99. The molecule has 0 aliphatic carbocycles. The van der Waals surface area contributed by atoms with Crippen LogP contribution in [0.4, 0.5) is 4.39 Å². The number of hydrogen-bond donors (Lipinski definition) is 0. The van der Waals surface area contributed by atoms with Crippen LogP contribution in [0.2, 0.25) is 5.02 Å². The van der Waals surface area contributed by atoms with Crippen molar-refractivity contribution in [3.8, 4) is 46.3 Å². The highest BCUT2D eigenvalue weighted by Crippen LogP contribution is 2.27. The Labute approximate surface area is 535 Å². The summed E-state index contributed by atoms with van der Waals surface area (Å²) in [5.41, 5.74) is 3.59. The normalized spacial score (nSPS) is 11.3. The number of para-hydroxylation sites is 4. The third-order valence-electron chi connectivity index (χ3n) is 13.1. The summed E-state index contributed by atoms with van der Waals surface area (Å²) in [4.78, 5) is 64.8. The molecule has 12 aromatic rings. The number of rotatable bonds is 16. The Kier molecular flexibility index (Phi) is 19.2. The molecule has 0 radical (unpaired) electrons. The second-order valence-corrected chi connectivity index (χ2v) is 20.6. The van der Waals surface area contributed by atoms with E-state index in [4.69, 9.17) is 36.0 Å². The van der Waals surface area contributed by atoms with Gasteiger partial charge in [0.05, 0.1) is 21.6 Å². The monoisotopic (exact) mass is 1330 g/mol. The lowest BCUT2D eigenvalue weighted by Crippen LogP contribution is -2.24. The molecule has 0 fully saturated rings.